The summed E-state index contributed by atoms with van der Waals surface area (Å²) in [5.41, 5.74) is 3.30. The third-order valence-electron chi connectivity index (χ3n) is 6.61. The Hall–Kier alpha value is -3.72. The van der Waals surface area contributed by atoms with E-state index >= 15 is 0 Å². The fourth-order valence-electron chi connectivity index (χ4n) is 4.95. The number of aromatic nitrogens is 1. The molecule has 3 heterocycles. The summed E-state index contributed by atoms with van der Waals surface area (Å²) in [6, 6.07) is 22.0. The number of hydrogen-bond donors (Lipinski definition) is 1. The molecule has 1 aliphatic rings. The van der Waals surface area contributed by atoms with Gasteiger partial charge < -0.3 is 9.67 Å². The summed E-state index contributed by atoms with van der Waals surface area (Å²) in [6.07, 6.45) is -0.00670. The van der Waals surface area contributed by atoms with Gasteiger partial charge in [0.15, 0.2) is 5.69 Å². The average molecular weight is 606 g/mol. The minimum atomic E-state index is -1.24. The van der Waals surface area contributed by atoms with Crippen molar-refractivity contribution in [1.29, 1.82) is 0 Å². The number of rotatable bonds is 5. The molecule has 0 spiro atoms. The van der Waals surface area contributed by atoms with Crippen LogP contribution in [0.25, 0.3) is 22.0 Å². The smallest absolute Gasteiger partial charge is 0.354 e. The first-order valence-corrected chi connectivity index (χ1v) is 13.7. The molecule has 0 aliphatic carbocycles. The van der Waals surface area contributed by atoms with E-state index in [9.17, 15) is 19.5 Å². The fraction of sp³-hybridized carbons (Fsp3) is 0.0690. The molecular weight excluding hydrogens is 588 g/mol. The molecule has 0 fully saturated rings. The highest BCUT2D eigenvalue weighted by Gasteiger charge is 2.40. The van der Waals surface area contributed by atoms with Crippen LogP contribution in [0.4, 0.5) is 5.69 Å². The van der Waals surface area contributed by atoms with Gasteiger partial charge in [0, 0.05) is 31.9 Å². The number of thiophene rings is 1. The lowest BCUT2D eigenvalue weighted by molar-refractivity contribution is -0.117. The van der Waals surface area contributed by atoms with Crippen molar-refractivity contribution in [3.63, 3.8) is 0 Å². The molecular formula is C29H18BrClN2O4S. The molecule has 3 aromatic carbocycles. The van der Waals surface area contributed by atoms with E-state index in [1.807, 2.05) is 60.0 Å². The molecule has 6 nitrogen and oxygen atoms in total. The van der Waals surface area contributed by atoms with Crippen molar-refractivity contribution in [2.45, 2.75) is 13.0 Å². The molecule has 9 heteroatoms. The number of carbonyl (C=O) groups is 3. The minimum absolute atomic E-state index is 0.00670. The highest BCUT2D eigenvalue weighted by molar-refractivity contribution is 9.10. The molecule has 5 aromatic rings. The van der Waals surface area contributed by atoms with E-state index in [0.717, 1.165) is 20.5 Å². The van der Waals surface area contributed by atoms with Crippen LogP contribution in [0, 0.1) is 0 Å². The van der Waals surface area contributed by atoms with Crippen LogP contribution in [0.5, 0.6) is 0 Å². The molecule has 188 valence electrons. The molecule has 2 aromatic heterocycles. The van der Waals surface area contributed by atoms with Gasteiger partial charge in [-0.1, -0.05) is 70.0 Å². The second-order valence-electron chi connectivity index (χ2n) is 8.90. The van der Waals surface area contributed by atoms with Crippen LogP contribution in [-0.2, 0) is 17.8 Å². The van der Waals surface area contributed by atoms with Gasteiger partial charge in [-0.05, 0) is 46.8 Å². The van der Waals surface area contributed by atoms with Crippen LogP contribution in [-0.4, -0.2) is 27.5 Å². The zero-order chi connectivity index (χ0) is 26.6. The number of nitrogens with zero attached hydrogens (tertiary/aromatic N) is 2. The largest absolute Gasteiger partial charge is 0.477 e. The summed E-state index contributed by atoms with van der Waals surface area (Å²) in [4.78, 5) is 42.0. The zero-order valence-corrected chi connectivity index (χ0v) is 22.8. The number of carboxylic acid groups (broad SMARTS) is 1. The van der Waals surface area contributed by atoms with Crippen molar-refractivity contribution in [3.8, 4) is 11.1 Å². The van der Waals surface area contributed by atoms with Gasteiger partial charge in [-0.15, -0.1) is 11.3 Å². The number of anilines is 1. The zero-order valence-electron chi connectivity index (χ0n) is 19.7. The molecule has 0 atom stereocenters. The van der Waals surface area contributed by atoms with Crippen LogP contribution in [0.2, 0.25) is 5.02 Å². The van der Waals surface area contributed by atoms with Gasteiger partial charge in [-0.3, -0.25) is 9.59 Å². The van der Waals surface area contributed by atoms with Crippen LogP contribution < -0.4 is 4.90 Å². The first-order chi connectivity index (χ1) is 18.3. The Morgan fingerprint density at radius 1 is 1.03 bits per heavy atom. The molecule has 1 aliphatic heterocycles. The molecule has 0 unspecified atom stereocenters. The van der Waals surface area contributed by atoms with Crippen LogP contribution in [0.15, 0.2) is 82.6 Å². The van der Waals surface area contributed by atoms with E-state index in [1.54, 1.807) is 22.8 Å². The van der Waals surface area contributed by atoms with E-state index in [1.165, 1.54) is 11.3 Å². The summed E-state index contributed by atoms with van der Waals surface area (Å²) in [5.74, 6) is -2.27. The maximum Gasteiger partial charge on any atom is 0.354 e. The van der Waals surface area contributed by atoms with Crippen molar-refractivity contribution in [1.82, 2.24) is 4.57 Å². The molecule has 2 amide bonds. The van der Waals surface area contributed by atoms with Gasteiger partial charge in [0.1, 0.15) is 0 Å². The fourth-order valence-corrected chi connectivity index (χ4v) is 6.43. The van der Waals surface area contributed by atoms with Crippen LogP contribution in [0.1, 0.15) is 31.3 Å². The van der Waals surface area contributed by atoms with E-state index in [0.29, 0.717) is 31.9 Å². The van der Waals surface area contributed by atoms with E-state index in [2.05, 4.69) is 15.9 Å². The number of carboxylic acids is 1. The molecule has 0 saturated carbocycles. The molecule has 0 saturated heterocycles. The van der Waals surface area contributed by atoms with Crippen molar-refractivity contribution < 1.29 is 19.5 Å². The molecule has 38 heavy (non-hydrogen) atoms. The normalized spacial score (nSPS) is 13.3. The van der Waals surface area contributed by atoms with Crippen molar-refractivity contribution in [2.75, 3.05) is 4.90 Å². The molecule has 0 bridgehead atoms. The Kier molecular flexibility index (Phi) is 6.18. The minimum Gasteiger partial charge on any atom is -0.477 e. The lowest BCUT2D eigenvalue weighted by Gasteiger charge is -2.26. The monoisotopic (exact) mass is 604 g/mol. The first-order valence-electron chi connectivity index (χ1n) is 11.7. The maximum atomic E-state index is 14.1. The number of fused-ring (bicyclic) bond motifs is 2. The third kappa shape index (κ3) is 4.05. The Morgan fingerprint density at radius 3 is 2.47 bits per heavy atom. The van der Waals surface area contributed by atoms with E-state index in [4.69, 9.17) is 11.6 Å². The van der Waals surface area contributed by atoms with Crippen molar-refractivity contribution in [2.24, 2.45) is 0 Å². The summed E-state index contributed by atoms with van der Waals surface area (Å²) in [6.45, 7) is 0.241. The van der Waals surface area contributed by atoms with Crippen LogP contribution >= 0.6 is 38.9 Å². The first kappa shape index (κ1) is 24.6. The molecule has 1 N–H and O–H groups in total. The van der Waals surface area contributed by atoms with Gasteiger partial charge in [0.05, 0.1) is 23.2 Å². The summed E-state index contributed by atoms with van der Waals surface area (Å²) in [5, 5.41) is 13.1. The summed E-state index contributed by atoms with van der Waals surface area (Å²) in [7, 11) is 0. The van der Waals surface area contributed by atoms with Gasteiger partial charge >= 0.3 is 5.97 Å². The lowest BCUT2D eigenvalue weighted by Crippen LogP contribution is -2.42. The van der Waals surface area contributed by atoms with Crippen molar-refractivity contribution >= 4 is 73.2 Å². The summed E-state index contributed by atoms with van der Waals surface area (Å²) >= 11 is 11.1. The maximum absolute atomic E-state index is 14.1. The highest BCUT2D eigenvalue weighted by Crippen LogP contribution is 2.42. The second-order valence-corrected chi connectivity index (χ2v) is 11.2. The Balaban J connectivity index is 1.57. The number of hydrogen-bond acceptors (Lipinski definition) is 4. The Morgan fingerprint density at radius 2 is 1.76 bits per heavy atom. The number of imide groups is 1. The predicted molar refractivity (Wildman–Crippen MR) is 152 cm³/mol. The standard InChI is InChI=1S/C29H18BrClN2O4S/c30-18-8-6-17(7-9-18)21-15-38-23-13-24(34)33(28(35)25(21)23)26-20-12-19(31)10-11-22(20)32(27(26)29(36)37)14-16-4-2-1-3-5-16/h1-12,15H,13-14H2,(H,36,37). The Bertz CT molecular complexity index is 1760. The van der Waals surface area contributed by atoms with E-state index in [-0.39, 0.29) is 24.3 Å². The quantitative estimate of drug-likeness (QED) is 0.214. The average Bonchev–Trinajstić information content (AvgIpc) is 3.45. The number of aromatic carboxylic acids is 1. The number of carbonyl (C=O) groups excluding carboxylic acids is 2. The van der Waals surface area contributed by atoms with Crippen molar-refractivity contribution in [3.05, 3.63) is 109 Å². The summed E-state index contributed by atoms with van der Waals surface area (Å²) < 4.78 is 2.53. The van der Waals surface area contributed by atoms with Gasteiger partial charge in [0.25, 0.3) is 5.91 Å². The molecule has 6 rings (SSSR count). The number of halogens is 2. The SMILES string of the molecule is O=C(O)c1c(N2C(=O)Cc3scc(-c4ccc(Br)cc4)c3C2=O)c2cc(Cl)ccc2n1Cc1ccccc1. The topological polar surface area (TPSA) is 79.6 Å². The highest BCUT2D eigenvalue weighted by atomic mass is 79.9. The number of amides is 2. The third-order valence-corrected chi connectivity index (χ3v) is 8.36. The molecule has 0 radical (unpaired) electrons. The lowest BCUT2D eigenvalue weighted by atomic mass is 9.97. The number of benzene rings is 3. The van der Waals surface area contributed by atoms with Gasteiger partial charge in [-0.25, -0.2) is 9.69 Å². The van der Waals surface area contributed by atoms with Gasteiger partial charge in [-0.2, -0.15) is 0 Å². The Labute approximate surface area is 234 Å². The van der Waals surface area contributed by atoms with E-state index < -0.39 is 17.8 Å². The van der Waals surface area contributed by atoms with Crippen LogP contribution in [0.3, 0.4) is 0 Å². The second kappa shape index (κ2) is 9.54. The predicted octanol–water partition coefficient (Wildman–Crippen LogP) is 7.26. The van der Waals surface area contributed by atoms with Gasteiger partial charge in [0.2, 0.25) is 5.91 Å².